The molecule has 0 spiro atoms. The minimum absolute atomic E-state index is 0.0544. The van der Waals surface area contributed by atoms with Crippen molar-refractivity contribution in [3.63, 3.8) is 0 Å². The Morgan fingerprint density at radius 3 is 2.73 bits per heavy atom. The van der Waals surface area contributed by atoms with Gasteiger partial charge < -0.3 is 10.6 Å². The fourth-order valence-corrected chi connectivity index (χ4v) is 2.81. The van der Waals surface area contributed by atoms with Gasteiger partial charge in [0.1, 0.15) is 0 Å². The average Bonchev–Trinajstić information content (AvgIpc) is 2.68. The van der Waals surface area contributed by atoms with Gasteiger partial charge in [0.05, 0.1) is 5.69 Å². The molecule has 3 nitrogen and oxygen atoms in total. The summed E-state index contributed by atoms with van der Waals surface area (Å²) in [7, 11) is 0. The third-order valence-corrected chi connectivity index (χ3v) is 3.95. The van der Waals surface area contributed by atoms with Gasteiger partial charge in [-0.2, -0.15) is 0 Å². The van der Waals surface area contributed by atoms with Gasteiger partial charge in [-0.15, -0.1) is 11.3 Å². The van der Waals surface area contributed by atoms with E-state index in [1.807, 2.05) is 6.92 Å². The van der Waals surface area contributed by atoms with E-state index >= 15 is 0 Å². The highest BCUT2D eigenvalue weighted by Gasteiger charge is 2.18. The largest absolute Gasteiger partial charge is 0.348 e. The van der Waals surface area contributed by atoms with Gasteiger partial charge in [-0.1, -0.05) is 6.92 Å². The van der Waals surface area contributed by atoms with Crippen LogP contribution in [0.4, 0.5) is 5.13 Å². The van der Waals surface area contributed by atoms with E-state index in [2.05, 4.69) is 22.2 Å². The number of aromatic nitrogens is 1. The van der Waals surface area contributed by atoms with Crippen molar-refractivity contribution in [3.8, 4) is 0 Å². The van der Waals surface area contributed by atoms with Crippen molar-refractivity contribution in [2.45, 2.75) is 32.7 Å². The van der Waals surface area contributed by atoms with Gasteiger partial charge in [-0.05, 0) is 25.7 Å². The normalized spacial score (nSPS) is 20.6. The van der Waals surface area contributed by atoms with E-state index in [1.165, 1.54) is 12.8 Å². The van der Waals surface area contributed by atoms with Crippen molar-refractivity contribution >= 4 is 16.5 Å². The first-order valence-electron chi connectivity index (χ1n) is 5.62. The topological polar surface area (TPSA) is 42.2 Å². The predicted octanol–water partition coefficient (Wildman–Crippen LogP) is 2.40. The summed E-state index contributed by atoms with van der Waals surface area (Å²) in [5, 5.41) is 3.23. The monoisotopic (exact) mass is 225 g/mol. The number of hydrogen-bond donors (Lipinski definition) is 1. The van der Waals surface area contributed by atoms with Gasteiger partial charge in [0.15, 0.2) is 5.13 Å². The summed E-state index contributed by atoms with van der Waals surface area (Å²) in [6, 6.07) is 0.0544. The summed E-state index contributed by atoms with van der Waals surface area (Å²) in [6.45, 7) is 6.60. The number of hydrogen-bond acceptors (Lipinski definition) is 4. The minimum atomic E-state index is 0.0544. The van der Waals surface area contributed by atoms with Crippen molar-refractivity contribution in [3.05, 3.63) is 11.1 Å². The van der Waals surface area contributed by atoms with Crippen LogP contribution in [0.1, 0.15) is 38.4 Å². The second-order valence-corrected chi connectivity index (χ2v) is 5.35. The van der Waals surface area contributed by atoms with Crippen molar-refractivity contribution in [1.82, 2.24) is 4.98 Å². The SMILES string of the molecule is CC1CCN(c2nc(C(C)N)cs2)CC1. The zero-order chi connectivity index (χ0) is 10.8. The molecule has 0 aromatic carbocycles. The highest BCUT2D eigenvalue weighted by molar-refractivity contribution is 7.13. The van der Waals surface area contributed by atoms with Crippen LogP contribution in [0.5, 0.6) is 0 Å². The molecule has 15 heavy (non-hydrogen) atoms. The molecule has 1 aromatic heterocycles. The fourth-order valence-electron chi connectivity index (χ4n) is 1.83. The second kappa shape index (κ2) is 4.49. The van der Waals surface area contributed by atoms with E-state index < -0.39 is 0 Å². The molecule has 1 aromatic rings. The Labute approximate surface area is 95.3 Å². The predicted molar refractivity (Wildman–Crippen MR) is 65.3 cm³/mol. The van der Waals surface area contributed by atoms with Gasteiger partial charge in [-0.25, -0.2) is 4.98 Å². The average molecular weight is 225 g/mol. The number of anilines is 1. The summed E-state index contributed by atoms with van der Waals surface area (Å²) in [6.07, 6.45) is 2.57. The molecule has 0 bridgehead atoms. The molecule has 84 valence electrons. The van der Waals surface area contributed by atoms with Crippen molar-refractivity contribution < 1.29 is 0 Å². The zero-order valence-corrected chi connectivity index (χ0v) is 10.3. The molecule has 0 saturated carbocycles. The summed E-state index contributed by atoms with van der Waals surface area (Å²) in [4.78, 5) is 6.96. The number of thiazole rings is 1. The van der Waals surface area contributed by atoms with Crippen LogP contribution in [-0.4, -0.2) is 18.1 Å². The zero-order valence-electron chi connectivity index (χ0n) is 9.44. The Morgan fingerprint density at radius 2 is 2.20 bits per heavy atom. The Hall–Kier alpha value is -0.610. The van der Waals surface area contributed by atoms with Crippen LogP contribution in [0.15, 0.2) is 5.38 Å². The third kappa shape index (κ3) is 2.49. The minimum Gasteiger partial charge on any atom is -0.348 e. The Bertz CT molecular complexity index is 313. The van der Waals surface area contributed by atoms with Crippen LogP contribution in [0.25, 0.3) is 0 Å². The fraction of sp³-hybridized carbons (Fsp3) is 0.727. The molecule has 0 aliphatic carbocycles. The lowest BCUT2D eigenvalue weighted by Crippen LogP contribution is -2.32. The first kappa shape index (κ1) is 10.9. The van der Waals surface area contributed by atoms with Gasteiger partial charge in [0, 0.05) is 24.5 Å². The summed E-state index contributed by atoms with van der Waals surface area (Å²) >= 11 is 1.72. The van der Waals surface area contributed by atoms with E-state index in [1.54, 1.807) is 11.3 Å². The van der Waals surface area contributed by atoms with Crippen LogP contribution in [0.2, 0.25) is 0 Å². The Balaban J connectivity index is 2.03. The molecule has 4 heteroatoms. The van der Waals surface area contributed by atoms with Crippen molar-refractivity contribution in [2.75, 3.05) is 18.0 Å². The molecule has 1 fully saturated rings. The molecule has 1 aliphatic heterocycles. The van der Waals surface area contributed by atoms with Gasteiger partial charge in [-0.3, -0.25) is 0 Å². The number of rotatable bonds is 2. The first-order valence-corrected chi connectivity index (χ1v) is 6.50. The van der Waals surface area contributed by atoms with Crippen molar-refractivity contribution in [2.24, 2.45) is 11.7 Å². The second-order valence-electron chi connectivity index (χ2n) is 4.51. The molecule has 1 atom stereocenters. The van der Waals surface area contributed by atoms with Crippen LogP contribution in [0.3, 0.4) is 0 Å². The smallest absolute Gasteiger partial charge is 0.185 e. The highest BCUT2D eigenvalue weighted by Crippen LogP contribution is 2.27. The number of nitrogens with two attached hydrogens (primary N) is 1. The maximum absolute atomic E-state index is 5.80. The van der Waals surface area contributed by atoms with Crippen molar-refractivity contribution in [1.29, 1.82) is 0 Å². The van der Waals surface area contributed by atoms with E-state index in [-0.39, 0.29) is 6.04 Å². The maximum Gasteiger partial charge on any atom is 0.185 e. The Kier molecular flexibility index (Phi) is 3.26. The molecule has 1 saturated heterocycles. The first-order chi connectivity index (χ1) is 7.16. The molecular weight excluding hydrogens is 206 g/mol. The highest BCUT2D eigenvalue weighted by atomic mass is 32.1. The van der Waals surface area contributed by atoms with Crippen LogP contribution >= 0.6 is 11.3 Å². The molecule has 0 radical (unpaired) electrons. The van der Waals surface area contributed by atoms with Crippen LogP contribution in [-0.2, 0) is 0 Å². The van der Waals surface area contributed by atoms with Gasteiger partial charge in [0.2, 0.25) is 0 Å². The number of nitrogens with zero attached hydrogens (tertiary/aromatic N) is 2. The summed E-state index contributed by atoms with van der Waals surface area (Å²) in [5.41, 5.74) is 6.83. The lowest BCUT2D eigenvalue weighted by molar-refractivity contribution is 0.438. The summed E-state index contributed by atoms with van der Waals surface area (Å²) in [5.74, 6) is 0.870. The maximum atomic E-state index is 5.80. The van der Waals surface area contributed by atoms with Crippen LogP contribution in [0, 0.1) is 5.92 Å². The van der Waals surface area contributed by atoms with E-state index in [4.69, 9.17) is 5.73 Å². The molecule has 0 amide bonds. The molecule has 2 N–H and O–H groups in total. The lowest BCUT2D eigenvalue weighted by Gasteiger charge is -2.29. The quantitative estimate of drug-likeness (QED) is 0.840. The van der Waals surface area contributed by atoms with E-state index in [0.29, 0.717) is 0 Å². The summed E-state index contributed by atoms with van der Waals surface area (Å²) < 4.78 is 0. The Morgan fingerprint density at radius 1 is 1.53 bits per heavy atom. The lowest BCUT2D eigenvalue weighted by atomic mass is 10.00. The number of piperidine rings is 1. The van der Waals surface area contributed by atoms with E-state index in [0.717, 1.165) is 29.8 Å². The molecule has 1 aliphatic rings. The van der Waals surface area contributed by atoms with E-state index in [9.17, 15) is 0 Å². The standard InChI is InChI=1S/C11H19N3S/c1-8-3-5-14(6-4-8)11-13-10(7-15-11)9(2)12/h7-9H,3-6,12H2,1-2H3. The molecule has 1 unspecified atom stereocenters. The van der Waals surface area contributed by atoms with Gasteiger partial charge >= 0.3 is 0 Å². The molecular formula is C11H19N3S. The molecule has 2 rings (SSSR count). The third-order valence-electron chi connectivity index (χ3n) is 3.03. The van der Waals surface area contributed by atoms with Crippen LogP contribution < -0.4 is 10.6 Å². The van der Waals surface area contributed by atoms with Gasteiger partial charge in [0.25, 0.3) is 0 Å². The molecule has 2 heterocycles.